The third kappa shape index (κ3) is 8.76. The van der Waals surface area contributed by atoms with Crippen LogP contribution in [0.1, 0.15) is 146 Å². The summed E-state index contributed by atoms with van der Waals surface area (Å²) in [5.41, 5.74) is 9.44. The zero-order valence-electron chi connectivity index (χ0n) is 39.3. The fourth-order valence-corrected chi connectivity index (χ4v) is 20.6. The van der Waals surface area contributed by atoms with Gasteiger partial charge in [0, 0.05) is 0 Å². The van der Waals surface area contributed by atoms with Crippen LogP contribution in [0.5, 0.6) is 11.5 Å². The Bertz CT molecular complexity index is 2450. The van der Waals surface area contributed by atoms with Crippen LogP contribution >= 0.6 is 0 Å². The van der Waals surface area contributed by atoms with Crippen molar-refractivity contribution in [3.63, 3.8) is 0 Å². The van der Waals surface area contributed by atoms with Gasteiger partial charge in [0.1, 0.15) is 0 Å². The van der Waals surface area contributed by atoms with Gasteiger partial charge in [-0.15, -0.1) is 0 Å². The summed E-state index contributed by atoms with van der Waals surface area (Å²) in [6.45, 7) is 25.9. The van der Waals surface area contributed by atoms with E-state index in [2.05, 4.69) is 156 Å². The molecule has 0 aromatic heterocycles. The van der Waals surface area contributed by atoms with E-state index in [1.54, 1.807) is 0 Å². The van der Waals surface area contributed by atoms with Crippen molar-refractivity contribution in [3.8, 4) is 33.8 Å². The Morgan fingerprint density at radius 2 is 0.538 bits per heavy atom. The van der Waals surface area contributed by atoms with Crippen LogP contribution in [-0.4, -0.2) is 0 Å². The van der Waals surface area contributed by atoms with Crippen LogP contribution in [0.25, 0.3) is 22.3 Å². The Morgan fingerprint density at radius 1 is 0.323 bits per heavy atom. The number of halogens is 6. The Balaban J connectivity index is 1.56. The van der Waals surface area contributed by atoms with E-state index in [1.165, 1.54) is 24.3 Å². The predicted octanol–water partition coefficient (Wildman–Crippen LogP) is 16.9. The summed E-state index contributed by atoms with van der Waals surface area (Å²) in [5, 5.41) is 0. The molecule has 8 rings (SSSR count). The number of alkyl halides is 6. The summed E-state index contributed by atoms with van der Waals surface area (Å²) in [7, 11) is 0. The maximum absolute atomic E-state index is 14.2. The summed E-state index contributed by atoms with van der Waals surface area (Å²) < 4.78 is 99.7. The average molecular weight is 968 g/mol. The molecule has 0 amide bonds. The molecule has 0 saturated heterocycles. The summed E-state index contributed by atoms with van der Waals surface area (Å²) in [4.78, 5) is 0. The minimum absolute atomic E-state index is 0.198. The van der Waals surface area contributed by atoms with Crippen molar-refractivity contribution < 1.29 is 53.1 Å². The van der Waals surface area contributed by atoms with Crippen molar-refractivity contribution in [3.05, 3.63) is 177 Å². The normalized spacial score (nSPS) is 14.8. The Kier molecular flexibility index (Phi) is 11.4. The molecule has 0 fully saturated rings. The van der Waals surface area contributed by atoms with Crippen LogP contribution < -0.4 is 5.63 Å². The number of benzene rings is 6. The average Bonchev–Trinajstić information content (AvgIpc) is 3.71. The molecule has 0 bridgehead atoms. The SMILES string of the molecule is CC(C)(C)c1ccc2c(c1)[CH]([Zr]([O]c1ccc(C(F)(F)F)cc1)([O]c1ccc(C(F)(F)F)cc1)[CH]1c3cc(C(C)(C)C)ccc3-c3ccc(C(C)(C)C)cc31)c1cc(C(C)(C)C)ccc1-2. The van der Waals surface area contributed by atoms with Crippen LogP contribution in [0.2, 0.25) is 0 Å². The molecule has 9 heteroatoms. The second-order valence-electron chi connectivity index (χ2n) is 22.0. The van der Waals surface area contributed by atoms with Crippen molar-refractivity contribution in [2.75, 3.05) is 0 Å². The number of hydrogen-bond donors (Lipinski definition) is 0. The molecule has 0 saturated carbocycles. The third-order valence-electron chi connectivity index (χ3n) is 13.2. The zero-order valence-corrected chi connectivity index (χ0v) is 41.7. The summed E-state index contributed by atoms with van der Waals surface area (Å²) >= 11 is -5.73. The molecule has 0 atom stereocenters. The zero-order chi connectivity index (χ0) is 47.4. The minimum atomic E-state index is -5.73. The molecule has 0 N–H and O–H groups in total. The first-order valence-corrected chi connectivity index (χ1v) is 27.1. The van der Waals surface area contributed by atoms with Gasteiger partial charge in [0.05, 0.1) is 0 Å². The van der Waals surface area contributed by atoms with Gasteiger partial charge in [-0.3, -0.25) is 0 Å². The van der Waals surface area contributed by atoms with Crippen molar-refractivity contribution in [1.82, 2.24) is 0 Å². The van der Waals surface area contributed by atoms with Crippen LogP contribution in [0.3, 0.4) is 0 Å². The van der Waals surface area contributed by atoms with Gasteiger partial charge in [0.15, 0.2) is 0 Å². The van der Waals surface area contributed by atoms with Gasteiger partial charge in [0.25, 0.3) is 0 Å². The first kappa shape index (κ1) is 46.9. The molecule has 6 aromatic rings. The van der Waals surface area contributed by atoms with E-state index < -0.39 is 51.9 Å². The van der Waals surface area contributed by atoms with Gasteiger partial charge in [-0.1, -0.05) is 0 Å². The van der Waals surface area contributed by atoms with E-state index in [1.807, 2.05) is 0 Å². The van der Waals surface area contributed by atoms with Crippen LogP contribution in [0.15, 0.2) is 121 Å². The van der Waals surface area contributed by atoms with Gasteiger partial charge in [-0.25, -0.2) is 0 Å². The van der Waals surface area contributed by atoms with E-state index in [4.69, 9.17) is 5.63 Å². The van der Waals surface area contributed by atoms with E-state index in [-0.39, 0.29) is 33.2 Å². The second kappa shape index (κ2) is 15.7. The van der Waals surface area contributed by atoms with Gasteiger partial charge in [-0.05, 0) is 0 Å². The van der Waals surface area contributed by atoms with Crippen LogP contribution in [-0.2, 0) is 55.2 Å². The number of fused-ring (bicyclic) bond motifs is 6. The maximum atomic E-state index is 14.2. The molecule has 0 aliphatic heterocycles. The first-order chi connectivity index (χ1) is 30.0. The van der Waals surface area contributed by atoms with Gasteiger partial charge in [0.2, 0.25) is 0 Å². The monoisotopic (exact) mass is 966 g/mol. The van der Waals surface area contributed by atoms with E-state index in [0.29, 0.717) is 0 Å². The molecule has 2 nitrogen and oxygen atoms in total. The molecular formula is C56H58F6O2Zr. The fourth-order valence-electron chi connectivity index (χ4n) is 9.47. The van der Waals surface area contributed by atoms with Crippen molar-refractivity contribution in [2.24, 2.45) is 0 Å². The van der Waals surface area contributed by atoms with Crippen LogP contribution in [0.4, 0.5) is 26.3 Å². The molecule has 2 aliphatic carbocycles. The van der Waals surface area contributed by atoms with Crippen molar-refractivity contribution in [2.45, 2.75) is 124 Å². The van der Waals surface area contributed by atoms with Crippen molar-refractivity contribution in [1.29, 1.82) is 0 Å². The summed E-state index contributed by atoms with van der Waals surface area (Å²) in [5.74, 6) is 0.396. The van der Waals surface area contributed by atoms with Gasteiger partial charge < -0.3 is 0 Å². The molecule has 6 aromatic carbocycles. The molecule has 0 spiro atoms. The Morgan fingerprint density at radius 3 is 0.738 bits per heavy atom. The van der Waals surface area contributed by atoms with Crippen molar-refractivity contribution >= 4 is 0 Å². The third-order valence-corrected chi connectivity index (χ3v) is 23.0. The van der Waals surface area contributed by atoms with Gasteiger partial charge >= 0.3 is 388 Å². The van der Waals surface area contributed by atoms with E-state index in [9.17, 15) is 26.3 Å². The van der Waals surface area contributed by atoms with E-state index in [0.717, 1.165) is 91.0 Å². The molecule has 340 valence electrons. The Labute approximate surface area is 386 Å². The quantitative estimate of drug-likeness (QED) is 0.155. The number of rotatable bonds is 6. The molecule has 0 heterocycles. The Hall–Kier alpha value is -4.62. The summed E-state index contributed by atoms with van der Waals surface area (Å²) in [6, 6.07) is 35.8. The first-order valence-electron chi connectivity index (χ1n) is 22.3. The topological polar surface area (TPSA) is 18.5 Å². The fraction of sp³-hybridized carbons (Fsp3) is 0.357. The van der Waals surface area contributed by atoms with E-state index >= 15 is 0 Å². The molecule has 0 radical (unpaired) electrons. The predicted molar refractivity (Wildman–Crippen MR) is 246 cm³/mol. The molecular weight excluding hydrogens is 910 g/mol. The van der Waals surface area contributed by atoms with Crippen LogP contribution in [0, 0.1) is 0 Å². The standard InChI is InChI=1S/2C21H25.2C7H5F3O.Zr/c2*1-20(2,3)16-7-9-18-14(12-16)11-15-13-17(21(4,5)6)8-10-19(15)18;2*8-7(9,10)5-1-3-6(11)4-2-5;/h2*7-13H,1-6H3;2*1-4,11H;/q;;;;+2/p-2. The van der Waals surface area contributed by atoms with Gasteiger partial charge in [-0.2, -0.15) is 0 Å². The second-order valence-corrected chi connectivity index (χ2v) is 29.4. The molecule has 65 heavy (non-hydrogen) atoms. The summed E-state index contributed by atoms with van der Waals surface area (Å²) in [6.07, 6.45) is -9.19. The molecule has 0 unspecified atom stereocenters. The molecule has 2 aliphatic rings. The number of hydrogen-bond acceptors (Lipinski definition) is 2.